The zero-order valence-corrected chi connectivity index (χ0v) is 24.0. The summed E-state index contributed by atoms with van der Waals surface area (Å²) in [5.41, 5.74) is 1.87. The molecule has 1 aliphatic rings. The van der Waals surface area contributed by atoms with Crippen LogP contribution < -0.4 is 10.2 Å². The van der Waals surface area contributed by atoms with Crippen molar-refractivity contribution in [2.24, 2.45) is 11.8 Å². The number of aliphatic hydroxyl groups excluding tert-OH is 1. The van der Waals surface area contributed by atoms with Crippen molar-refractivity contribution in [2.75, 3.05) is 23.8 Å². The van der Waals surface area contributed by atoms with Crippen molar-refractivity contribution in [1.29, 1.82) is 0 Å². The summed E-state index contributed by atoms with van der Waals surface area (Å²) in [5, 5.41) is 12.5. The van der Waals surface area contributed by atoms with Gasteiger partial charge in [0.15, 0.2) is 0 Å². The summed E-state index contributed by atoms with van der Waals surface area (Å²) in [6, 6.07) is 4.26. The Morgan fingerprint density at radius 1 is 1.18 bits per heavy atom. The van der Waals surface area contributed by atoms with Crippen LogP contribution in [0.2, 0.25) is 0 Å². The number of amides is 1. The Balaban J connectivity index is 2.22. The van der Waals surface area contributed by atoms with E-state index in [0.29, 0.717) is 17.8 Å². The van der Waals surface area contributed by atoms with E-state index in [0.717, 1.165) is 48.4 Å². The molecule has 40 heavy (non-hydrogen) atoms. The Bertz CT molecular complexity index is 1300. The first kappa shape index (κ1) is 31.0. The van der Waals surface area contributed by atoms with Crippen molar-refractivity contribution >= 4 is 23.0 Å². The third-order valence-corrected chi connectivity index (χ3v) is 7.49. The summed E-state index contributed by atoms with van der Waals surface area (Å²) in [5.74, 6) is -1.43. The molecule has 0 fully saturated rings. The van der Waals surface area contributed by atoms with Crippen LogP contribution in [-0.4, -0.2) is 40.7 Å². The number of halogens is 4. The number of likely N-dealkylation sites (N-methyl/N-ethyl adjacent to an activating group) is 2. The van der Waals surface area contributed by atoms with E-state index in [9.17, 15) is 23.1 Å². The number of alkyl halides is 3. The lowest BCUT2D eigenvalue weighted by molar-refractivity contribution is -0.137. The van der Waals surface area contributed by atoms with Gasteiger partial charge in [0.2, 0.25) is 0 Å². The van der Waals surface area contributed by atoms with Gasteiger partial charge in [-0.15, -0.1) is 0 Å². The van der Waals surface area contributed by atoms with E-state index in [2.05, 4.69) is 24.1 Å². The predicted octanol–water partition coefficient (Wildman–Crippen LogP) is 7.85. The van der Waals surface area contributed by atoms with Crippen molar-refractivity contribution in [3.63, 3.8) is 0 Å². The molecule has 1 amide bonds. The van der Waals surface area contributed by atoms with Gasteiger partial charge in [0.25, 0.3) is 5.91 Å². The number of nitrogens with zero attached hydrogens (tertiary/aromatic N) is 3. The maximum atomic E-state index is 16.1. The fraction of sp³-hybridized carbons (Fsp3) is 0.467. The third-order valence-electron chi connectivity index (χ3n) is 7.49. The number of hydrogen-bond acceptors (Lipinski definition) is 5. The third kappa shape index (κ3) is 6.26. The van der Waals surface area contributed by atoms with E-state index >= 15 is 4.39 Å². The molecule has 0 spiro atoms. The molecule has 3 atom stereocenters. The summed E-state index contributed by atoms with van der Waals surface area (Å²) in [4.78, 5) is 20.9. The topological polar surface area (TPSA) is 68.7 Å². The van der Waals surface area contributed by atoms with Crippen LogP contribution >= 0.6 is 0 Å². The standard InChI is InChI=1S/C30H38F4N4O2/c1-8-17(4)25-26(18(5)9-2)29(37(7)16-19(6)39)38(10-3)23-14-20(13-22(31)27(23)25)28(40)36-24-15-21(11-12-35-24)30(32,33)34/h11-18,29,39H,8-10H2,1-7H3,(H,35,36,40)/b19-16+/t17?,18-,29?/m1/s1. The fourth-order valence-corrected chi connectivity index (χ4v) is 5.29. The second-order valence-electron chi connectivity index (χ2n) is 10.3. The zero-order valence-electron chi connectivity index (χ0n) is 24.0. The van der Waals surface area contributed by atoms with Gasteiger partial charge >= 0.3 is 6.18 Å². The average molecular weight is 563 g/mol. The van der Waals surface area contributed by atoms with Crippen LogP contribution in [0.5, 0.6) is 0 Å². The van der Waals surface area contributed by atoms with Gasteiger partial charge < -0.3 is 20.2 Å². The van der Waals surface area contributed by atoms with E-state index < -0.39 is 23.5 Å². The number of fused-ring (bicyclic) bond motifs is 1. The van der Waals surface area contributed by atoms with Gasteiger partial charge in [0, 0.05) is 42.8 Å². The second-order valence-corrected chi connectivity index (χ2v) is 10.3. The number of anilines is 2. The van der Waals surface area contributed by atoms with Crippen molar-refractivity contribution in [1.82, 2.24) is 9.88 Å². The maximum absolute atomic E-state index is 16.1. The Hall–Kier alpha value is -3.56. The van der Waals surface area contributed by atoms with Gasteiger partial charge in [-0.25, -0.2) is 9.37 Å². The summed E-state index contributed by atoms with van der Waals surface area (Å²) >= 11 is 0. The van der Waals surface area contributed by atoms with E-state index in [4.69, 9.17) is 0 Å². The molecular weight excluding hydrogens is 524 g/mol. The Morgan fingerprint density at radius 2 is 1.82 bits per heavy atom. The van der Waals surface area contributed by atoms with Crippen LogP contribution in [0, 0.1) is 17.7 Å². The number of aliphatic hydroxyl groups is 1. The number of benzene rings is 1. The molecule has 0 saturated heterocycles. The lowest BCUT2D eigenvalue weighted by atomic mass is 9.77. The summed E-state index contributed by atoms with van der Waals surface area (Å²) in [6.07, 6.45) is -0.796. The van der Waals surface area contributed by atoms with Gasteiger partial charge in [0.1, 0.15) is 23.6 Å². The molecule has 0 radical (unpaired) electrons. The fourth-order valence-electron chi connectivity index (χ4n) is 5.29. The van der Waals surface area contributed by atoms with E-state index in [1.54, 1.807) is 19.2 Å². The van der Waals surface area contributed by atoms with Crippen LogP contribution in [0.15, 0.2) is 48.0 Å². The highest BCUT2D eigenvalue weighted by Gasteiger charge is 2.39. The first-order chi connectivity index (χ1) is 18.7. The number of carbonyl (C=O) groups excluding carboxylic acids is 1. The molecule has 0 bridgehead atoms. The SMILES string of the molecule is CCC(C)C1=C([C@H](C)CC)C(N(C)/C=C(\C)O)N(CC)c2cc(C(=O)Nc3cc(C(F)(F)F)ccn3)cc(F)c21. The number of nitrogens with one attached hydrogen (secondary N) is 1. The number of aromatic nitrogens is 1. The van der Waals surface area contributed by atoms with E-state index in [-0.39, 0.29) is 35.1 Å². The van der Waals surface area contributed by atoms with Crippen molar-refractivity contribution in [3.05, 3.63) is 70.5 Å². The Morgan fingerprint density at radius 3 is 2.38 bits per heavy atom. The molecule has 6 nitrogen and oxygen atoms in total. The molecule has 10 heteroatoms. The van der Waals surface area contributed by atoms with Crippen molar-refractivity contribution in [2.45, 2.75) is 66.7 Å². The Labute approximate surface area is 233 Å². The minimum absolute atomic E-state index is 0.000319. The van der Waals surface area contributed by atoms with Crippen LogP contribution in [0.1, 0.15) is 75.9 Å². The molecule has 1 aromatic carbocycles. The first-order valence-corrected chi connectivity index (χ1v) is 13.5. The highest BCUT2D eigenvalue weighted by Crippen LogP contribution is 2.47. The molecule has 2 N–H and O–H groups in total. The number of hydrogen-bond donors (Lipinski definition) is 2. The monoisotopic (exact) mass is 562 g/mol. The normalized spacial score (nSPS) is 17.4. The molecule has 1 aliphatic heterocycles. The smallest absolute Gasteiger partial charge is 0.416 e. The number of rotatable bonds is 9. The van der Waals surface area contributed by atoms with Gasteiger partial charge in [-0.3, -0.25) is 4.79 Å². The minimum Gasteiger partial charge on any atom is -0.511 e. The molecule has 2 unspecified atom stereocenters. The molecule has 0 saturated carbocycles. The largest absolute Gasteiger partial charge is 0.511 e. The maximum Gasteiger partial charge on any atom is 0.416 e. The van der Waals surface area contributed by atoms with Crippen molar-refractivity contribution in [3.8, 4) is 0 Å². The van der Waals surface area contributed by atoms with Crippen LogP contribution in [0.25, 0.3) is 5.57 Å². The van der Waals surface area contributed by atoms with Gasteiger partial charge in [-0.1, -0.05) is 27.7 Å². The lowest BCUT2D eigenvalue weighted by Gasteiger charge is -2.47. The van der Waals surface area contributed by atoms with Crippen LogP contribution in [0.4, 0.5) is 29.1 Å². The second kappa shape index (κ2) is 12.3. The molecule has 0 aliphatic carbocycles. The van der Waals surface area contributed by atoms with Gasteiger partial charge in [0.05, 0.1) is 5.56 Å². The number of pyridine rings is 1. The molecule has 2 heterocycles. The van der Waals surface area contributed by atoms with Gasteiger partial charge in [-0.05, 0) is 73.9 Å². The highest BCUT2D eigenvalue weighted by atomic mass is 19.4. The minimum atomic E-state index is -4.60. The average Bonchev–Trinajstić information content (AvgIpc) is 2.89. The summed E-state index contributed by atoms with van der Waals surface area (Å²) < 4.78 is 55.6. The molecule has 3 rings (SSSR count). The van der Waals surface area contributed by atoms with E-state index in [1.165, 1.54) is 0 Å². The molecule has 218 valence electrons. The van der Waals surface area contributed by atoms with Crippen molar-refractivity contribution < 1.29 is 27.5 Å². The number of allylic oxidation sites excluding steroid dienone is 2. The number of carbonyl (C=O) groups is 1. The lowest BCUT2D eigenvalue weighted by Crippen LogP contribution is -2.50. The zero-order chi connectivity index (χ0) is 29.9. The first-order valence-electron chi connectivity index (χ1n) is 13.5. The Kier molecular flexibility index (Phi) is 9.53. The molecular formula is C30H38F4N4O2. The molecule has 2 aromatic rings. The van der Waals surface area contributed by atoms with E-state index in [1.807, 2.05) is 37.6 Å². The van der Waals surface area contributed by atoms with Crippen LogP contribution in [-0.2, 0) is 6.18 Å². The summed E-state index contributed by atoms with van der Waals surface area (Å²) in [6.45, 7) is 12.2. The predicted molar refractivity (Wildman–Crippen MR) is 150 cm³/mol. The quantitative estimate of drug-likeness (QED) is 0.241. The summed E-state index contributed by atoms with van der Waals surface area (Å²) in [7, 11) is 1.85. The van der Waals surface area contributed by atoms with Crippen LogP contribution in [0.3, 0.4) is 0 Å². The molecule has 1 aromatic heterocycles. The van der Waals surface area contributed by atoms with Gasteiger partial charge in [-0.2, -0.15) is 13.2 Å². The highest BCUT2D eigenvalue weighted by molar-refractivity contribution is 6.05.